The Labute approximate surface area is 206 Å². The summed E-state index contributed by atoms with van der Waals surface area (Å²) in [6, 6.07) is 2.44. The summed E-state index contributed by atoms with van der Waals surface area (Å²) in [5.41, 5.74) is -1.28. The molecule has 1 aliphatic heterocycles. The van der Waals surface area contributed by atoms with E-state index < -0.39 is 23.7 Å². The highest BCUT2D eigenvalue weighted by Crippen LogP contribution is 2.64. The van der Waals surface area contributed by atoms with Gasteiger partial charge in [-0.15, -0.1) is 0 Å². The number of amides is 3. The van der Waals surface area contributed by atoms with Crippen molar-refractivity contribution in [2.45, 2.75) is 71.0 Å². The monoisotopic (exact) mass is 538 g/mol. The molecule has 8 heteroatoms. The summed E-state index contributed by atoms with van der Waals surface area (Å²) in [4.78, 5) is 27.4. The minimum absolute atomic E-state index is 0.261. The van der Waals surface area contributed by atoms with Crippen LogP contribution in [0, 0.1) is 28.6 Å². The van der Waals surface area contributed by atoms with Crippen LogP contribution < -0.4 is 5.32 Å². The fourth-order valence-electron chi connectivity index (χ4n) is 7.77. The second-order valence-electron chi connectivity index (χ2n) is 11.1. The van der Waals surface area contributed by atoms with Crippen LogP contribution in [0.4, 0.5) is 23.7 Å². The van der Waals surface area contributed by atoms with Gasteiger partial charge in [0.25, 0.3) is 5.91 Å². The van der Waals surface area contributed by atoms with E-state index in [1.54, 1.807) is 0 Å². The van der Waals surface area contributed by atoms with E-state index in [0.717, 1.165) is 25.3 Å². The summed E-state index contributed by atoms with van der Waals surface area (Å²) in [7, 11) is 0. The Kier molecular flexibility index (Phi) is 5.69. The lowest BCUT2D eigenvalue weighted by atomic mass is 9.48. The van der Waals surface area contributed by atoms with Crippen molar-refractivity contribution in [1.29, 1.82) is 0 Å². The number of imide groups is 1. The third-order valence-electron chi connectivity index (χ3n) is 9.39. The van der Waals surface area contributed by atoms with Gasteiger partial charge in [-0.05, 0) is 79.9 Å². The van der Waals surface area contributed by atoms with Crippen molar-refractivity contribution < 1.29 is 22.8 Å². The molecule has 1 N–H and O–H groups in total. The first-order chi connectivity index (χ1) is 15.9. The van der Waals surface area contributed by atoms with E-state index in [2.05, 4.69) is 35.1 Å². The van der Waals surface area contributed by atoms with Crippen LogP contribution in [0.2, 0.25) is 0 Å². The van der Waals surface area contributed by atoms with Gasteiger partial charge < -0.3 is 5.32 Å². The molecule has 6 atom stereocenters. The van der Waals surface area contributed by atoms with Crippen molar-refractivity contribution in [2.24, 2.45) is 28.6 Å². The molecule has 34 heavy (non-hydrogen) atoms. The summed E-state index contributed by atoms with van der Waals surface area (Å²) < 4.78 is 41.0. The summed E-state index contributed by atoms with van der Waals surface area (Å²) in [5.74, 6) is 1.13. The number of rotatable bonds is 1. The van der Waals surface area contributed by atoms with Crippen molar-refractivity contribution in [3.63, 3.8) is 0 Å². The molecule has 184 valence electrons. The van der Waals surface area contributed by atoms with Crippen LogP contribution >= 0.6 is 15.9 Å². The predicted octanol–water partition coefficient (Wildman–Crippen LogP) is 7.40. The Balaban J connectivity index is 1.43. The average molecular weight is 539 g/mol. The normalized spacial score (nSPS) is 37.1. The number of fused-ring (bicyclic) bond motifs is 5. The zero-order chi connectivity index (χ0) is 24.5. The maximum Gasteiger partial charge on any atom is 0.418 e. The lowest BCUT2D eigenvalue weighted by Gasteiger charge is -2.59. The Morgan fingerprint density at radius 2 is 1.88 bits per heavy atom. The molecule has 0 saturated heterocycles. The van der Waals surface area contributed by atoms with Gasteiger partial charge in [-0.2, -0.15) is 13.2 Å². The van der Waals surface area contributed by atoms with Crippen LogP contribution in [0.1, 0.15) is 64.4 Å². The Morgan fingerprint density at radius 3 is 2.62 bits per heavy atom. The van der Waals surface area contributed by atoms with E-state index in [1.165, 1.54) is 42.4 Å². The van der Waals surface area contributed by atoms with E-state index in [0.29, 0.717) is 29.6 Å². The number of alkyl halides is 3. The van der Waals surface area contributed by atoms with Crippen LogP contribution in [0.25, 0.3) is 0 Å². The van der Waals surface area contributed by atoms with E-state index >= 15 is 0 Å². The quantitative estimate of drug-likeness (QED) is 0.404. The molecule has 0 radical (unpaired) electrons. The highest BCUT2D eigenvalue weighted by molar-refractivity contribution is 9.10. The third-order valence-corrected chi connectivity index (χ3v) is 9.88. The Hall–Kier alpha value is -1.83. The second-order valence-corrected chi connectivity index (χ2v) is 12.0. The number of urea groups is 1. The van der Waals surface area contributed by atoms with Crippen LogP contribution in [-0.2, 0) is 11.0 Å². The molecule has 3 saturated carbocycles. The predicted molar refractivity (Wildman–Crippen MR) is 127 cm³/mol. The molecule has 0 spiro atoms. The average Bonchev–Trinajstić information content (AvgIpc) is 3.16. The van der Waals surface area contributed by atoms with Crippen LogP contribution in [0.3, 0.4) is 0 Å². The van der Waals surface area contributed by atoms with Gasteiger partial charge >= 0.3 is 12.2 Å². The molecular formula is C26H30BrF3N2O2. The summed E-state index contributed by atoms with van der Waals surface area (Å²) >= 11 is 3.06. The van der Waals surface area contributed by atoms with Crippen LogP contribution in [0.5, 0.6) is 0 Å². The first-order valence-electron chi connectivity index (χ1n) is 12.1. The first kappa shape index (κ1) is 23.9. The SMILES string of the molecule is C[C@@]12CCC[C@H]1[C@@H]1CC[C@H]3N(C(=O)Nc4ccc(Br)cc4C(F)(F)F)C(=O)C=C[C@]3(C)[C@H]1CC2. The zero-order valence-corrected chi connectivity index (χ0v) is 21.0. The van der Waals surface area contributed by atoms with E-state index in [1.807, 2.05) is 6.08 Å². The van der Waals surface area contributed by atoms with Gasteiger partial charge in [-0.25, -0.2) is 4.79 Å². The number of nitrogens with zero attached hydrogens (tertiary/aromatic N) is 1. The topological polar surface area (TPSA) is 49.4 Å². The molecule has 1 heterocycles. The zero-order valence-electron chi connectivity index (χ0n) is 19.4. The molecule has 4 aliphatic rings. The van der Waals surface area contributed by atoms with Crippen LogP contribution in [0.15, 0.2) is 34.8 Å². The lowest BCUT2D eigenvalue weighted by Crippen LogP contribution is -2.62. The van der Waals surface area contributed by atoms with E-state index in [9.17, 15) is 22.8 Å². The van der Waals surface area contributed by atoms with Gasteiger partial charge in [0, 0.05) is 16.0 Å². The molecule has 0 unspecified atom stereocenters. The highest BCUT2D eigenvalue weighted by Gasteiger charge is 2.59. The van der Waals surface area contributed by atoms with Gasteiger partial charge in [0.15, 0.2) is 0 Å². The van der Waals surface area contributed by atoms with Gasteiger partial charge in [-0.3, -0.25) is 9.69 Å². The number of nitrogens with one attached hydrogen (secondary N) is 1. The van der Waals surface area contributed by atoms with Crippen molar-refractivity contribution in [2.75, 3.05) is 5.32 Å². The van der Waals surface area contributed by atoms with Gasteiger partial charge in [0.2, 0.25) is 0 Å². The van der Waals surface area contributed by atoms with E-state index in [-0.39, 0.29) is 21.6 Å². The Morgan fingerprint density at radius 1 is 1.12 bits per heavy atom. The minimum Gasteiger partial charge on any atom is -0.307 e. The highest BCUT2D eigenvalue weighted by atomic mass is 79.9. The Bertz CT molecular complexity index is 1060. The van der Waals surface area contributed by atoms with E-state index in [4.69, 9.17) is 0 Å². The largest absolute Gasteiger partial charge is 0.418 e. The maximum absolute atomic E-state index is 13.6. The molecule has 3 aliphatic carbocycles. The van der Waals surface area contributed by atoms with Crippen molar-refractivity contribution in [3.05, 3.63) is 40.4 Å². The van der Waals surface area contributed by atoms with Gasteiger partial charge in [-0.1, -0.05) is 42.3 Å². The summed E-state index contributed by atoms with van der Waals surface area (Å²) in [6.45, 7) is 4.56. The molecule has 4 nitrogen and oxygen atoms in total. The number of carbonyl (C=O) groups excluding carboxylic acids is 2. The maximum atomic E-state index is 13.6. The molecule has 1 aromatic rings. The van der Waals surface area contributed by atoms with Crippen molar-refractivity contribution >= 4 is 33.6 Å². The number of anilines is 1. The molecule has 1 aromatic carbocycles. The number of benzene rings is 1. The fourth-order valence-corrected chi connectivity index (χ4v) is 8.13. The lowest BCUT2D eigenvalue weighted by molar-refractivity contribution is -0.137. The van der Waals surface area contributed by atoms with Crippen LogP contribution in [-0.4, -0.2) is 22.9 Å². The minimum atomic E-state index is -4.64. The van der Waals surface area contributed by atoms with Gasteiger partial charge in [0.1, 0.15) is 0 Å². The number of hydrogen-bond acceptors (Lipinski definition) is 2. The molecule has 0 aromatic heterocycles. The number of hydrogen-bond donors (Lipinski definition) is 1. The standard InChI is InChI=1S/C26H30BrF3N2O2/c1-24-11-3-4-17(24)16-6-8-21-25(2,18(16)9-12-24)13-10-22(33)32(21)23(34)31-20-7-5-15(27)14-19(20)26(28,29)30/h5,7,10,13-14,16-18,21H,3-4,6,8-9,11-12H2,1-2H3,(H,31,34)/t16-,17-,18-,21+,24-,25+/m0/s1. The van der Waals surface area contributed by atoms with Crippen molar-refractivity contribution in [1.82, 2.24) is 4.90 Å². The van der Waals surface area contributed by atoms with Gasteiger partial charge in [0.05, 0.1) is 17.3 Å². The van der Waals surface area contributed by atoms with Crippen molar-refractivity contribution in [3.8, 4) is 0 Å². The molecule has 3 fully saturated rings. The molecule has 3 amide bonds. The number of carbonyl (C=O) groups is 2. The second kappa shape index (κ2) is 8.10. The molecular weight excluding hydrogens is 509 g/mol. The summed E-state index contributed by atoms with van der Waals surface area (Å²) in [5, 5.41) is 2.40. The fraction of sp³-hybridized carbons (Fsp3) is 0.615. The molecule has 5 rings (SSSR count). The first-order valence-corrected chi connectivity index (χ1v) is 12.9. The summed E-state index contributed by atoms with van der Waals surface area (Å²) in [6.07, 6.45) is 6.43. The molecule has 0 bridgehead atoms. The smallest absolute Gasteiger partial charge is 0.307 e. The number of halogens is 4. The third kappa shape index (κ3) is 3.71.